The monoisotopic (exact) mass is 239 g/mol. The van der Waals surface area contributed by atoms with E-state index < -0.39 is 0 Å². The summed E-state index contributed by atoms with van der Waals surface area (Å²) < 4.78 is 5.57. The standard InChI is InChI=1S/C14H13N3O/c1-2-10-3-5-13(6-4-10)18-14-11(8-15)7-12(16)9-17-14/h3-7,9H,2,16H2,1H3. The van der Waals surface area contributed by atoms with Gasteiger partial charge in [-0.15, -0.1) is 0 Å². The average Bonchev–Trinajstić information content (AvgIpc) is 2.41. The molecule has 90 valence electrons. The van der Waals surface area contributed by atoms with E-state index in [1.54, 1.807) is 6.07 Å². The molecule has 0 aliphatic rings. The van der Waals surface area contributed by atoms with Crippen molar-refractivity contribution < 1.29 is 4.74 Å². The molecule has 0 aliphatic heterocycles. The first-order valence-electron chi connectivity index (χ1n) is 5.65. The highest BCUT2D eigenvalue weighted by atomic mass is 16.5. The summed E-state index contributed by atoms with van der Waals surface area (Å²) in [4.78, 5) is 4.02. The molecule has 1 aromatic carbocycles. The molecule has 0 fully saturated rings. The first kappa shape index (κ1) is 11.9. The predicted molar refractivity (Wildman–Crippen MR) is 69.3 cm³/mol. The smallest absolute Gasteiger partial charge is 0.237 e. The Kier molecular flexibility index (Phi) is 3.44. The highest BCUT2D eigenvalue weighted by Gasteiger charge is 2.06. The van der Waals surface area contributed by atoms with Crippen LogP contribution in [0.3, 0.4) is 0 Å². The lowest BCUT2D eigenvalue weighted by Crippen LogP contribution is -1.95. The van der Waals surface area contributed by atoms with Crippen LogP contribution in [0, 0.1) is 11.3 Å². The van der Waals surface area contributed by atoms with Gasteiger partial charge in [-0.3, -0.25) is 0 Å². The van der Waals surface area contributed by atoms with Crippen LogP contribution in [0.1, 0.15) is 18.1 Å². The number of ether oxygens (including phenoxy) is 1. The molecule has 0 amide bonds. The largest absolute Gasteiger partial charge is 0.438 e. The SMILES string of the molecule is CCc1ccc(Oc2ncc(N)cc2C#N)cc1. The van der Waals surface area contributed by atoms with Crippen LogP contribution in [0.15, 0.2) is 36.5 Å². The number of nitrogens with zero attached hydrogens (tertiary/aromatic N) is 2. The maximum atomic E-state index is 8.98. The van der Waals surface area contributed by atoms with E-state index in [4.69, 9.17) is 15.7 Å². The Morgan fingerprint density at radius 2 is 2.06 bits per heavy atom. The molecule has 2 aromatic rings. The van der Waals surface area contributed by atoms with E-state index in [2.05, 4.69) is 11.9 Å². The van der Waals surface area contributed by atoms with Gasteiger partial charge in [0.05, 0.1) is 11.9 Å². The fraction of sp³-hybridized carbons (Fsp3) is 0.143. The molecule has 2 rings (SSSR count). The fourth-order valence-electron chi connectivity index (χ4n) is 1.53. The van der Waals surface area contributed by atoms with Gasteiger partial charge in [0.2, 0.25) is 5.88 Å². The summed E-state index contributed by atoms with van der Waals surface area (Å²) in [5, 5.41) is 8.98. The third kappa shape index (κ3) is 2.58. The molecule has 0 radical (unpaired) electrons. The number of anilines is 1. The van der Waals surface area contributed by atoms with E-state index in [1.165, 1.54) is 11.8 Å². The van der Waals surface area contributed by atoms with Crippen LogP contribution in [-0.2, 0) is 6.42 Å². The van der Waals surface area contributed by atoms with E-state index in [1.807, 2.05) is 30.3 Å². The van der Waals surface area contributed by atoms with Gasteiger partial charge in [-0.2, -0.15) is 5.26 Å². The summed E-state index contributed by atoms with van der Waals surface area (Å²) in [7, 11) is 0. The molecule has 0 spiro atoms. The highest BCUT2D eigenvalue weighted by molar-refractivity contribution is 5.49. The van der Waals surface area contributed by atoms with Crippen molar-refractivity contribution in [2.45, 2.75) is 13.3 Å². The van der Waals surface area contributed by atoms with Crippen LogP contribution in [0.2, 0.25) is 0 Å². The quantitative estimate of drug-likeness (QED) is 0.893. The number of hydrogen-bond donors (Lipinski definition) is 1. The molecule has 0 saturated heterocycles. The minimum atomic E-state index is 0.274. The molecule has 0 bridgehead atoms. The summed E-state index contributed by atoms with van der Waals surface area (Å²) >= 11 is 0. The first-order chi connectivity index (χ1) is 8.72. The molecule has 2 N–H and O–H groups in total. The summed E-state index contributed by atoms with van der Waals surface area (Å²) in [5.41, 5.74) is 7.57. The van der Waals surface area contributed by atoms with E-state index in [9.17, 15) is 0 Å². The maximum absolute atomic E-state index is 8.98. The Morgan fingerprint density at radius 1 is 1.33 bits per heavy atom. The third-order valence-electron chi connectivity index (χ3n) is 2.54. The molecule has 1 aromatic heterocycles. The lowest BCUT2D eigenvalue weighted by atomic mass is 10.2. The Hall–Kier alpha value is -2.54. The molecule has 0 atom stereocenters. The molecule has 0 aliphatic carbocycles. The molecular formula is C14H13N3O. The Bertz CT molecular complexity index is 585. The lowest BCUT2D eigenvalue weighted by Gasteiger charge is -2.07. The second-order valence-corrected chi connectivity index (χ2v) is 3.83. The highest BCUT2D eigenvalue weighted by Crippen LogP contribution is 2.24. The number of rotatable bonds is 3. The van der Waals surface area contributed by atoms with Crippen molar-refractivity contribution in [2.75, 3.05) is 5.73 Å². The fourth-order valence-corrected chi connectivity index (χ4v) is 1.53. The number of nitriles is 1. The number of aryl methyl sites for hydroxylation is 1. The van der Waals surface area contributed by atoms with Gasteiger partial charge in [0.15, 0.2) is 0 Å². The molecule has 0 saturated carbocycles. The van der Waals surface area contributed by atoms with Gasteiger partial charge >= 0.3 is 0 Å². The number of aromatic nitrogens is 1. The van der Waals surface area contributed by atoms with Crippen LogP contribution in [0.5, 0.6) is 11.6 Å². The number of hydrogen-bond acceptors (Lipinski definition) is 4. The van der Waals surface area contributed by atoms with Crippen LogP contribution < -0.4 is 10.5 Å². The zero-order valence-electron chi connectivity index (χ0n) is 10.1. The minimum Gasteiger partial charge on any atom is -0.438 e. The summed E-state index contributed by atoms with van der Waals surface area (Å²) in [6, 6.07) is 11.2. The zero-order chi connectivity index (χ0) is 13.0. The van der Waals surface area contributed by atoms with Crippen molar-refractivity contribution in [1.29, 1.82) is 5.26 Å². The minimum absolute atomic E-state index is 0.274. The first-order valence-corrected chi connectivity index (χ1v) is 5.65. The molecule has 1 heterocycles. The topological polar surface area (TPSA) is 71.9 Å². The Morgan fingerprint density at radius 3 is 2.67 bits per heavy atom. The second-order valence-electron chi connectivity index (χ2n) is 3.83. The van der Waals surface area contributed by atoms with Crippen LogP contribution >= 0.6 is 0 Å². The van der Waals surface area contributed by atoms with Crippen molar-refractivity contribution >= 4 is 5.69 Å². The van der Waals surface area contributed by atoms with Crippen molar-refractivity contribution in [3.05, 3.63) is 47.7 Å². The Balaban J connectivity index is 2.25. The van der Waals surface area contributed by atoms with Gasteiger partial charge in [-0.1, -0.05) is 19.1 Å². The van der Waals surface area contributed by atoms with Gasteiger partial charge in [0.25, 0.3) is 0 Å². The lowest BCUT2D eigenvalue weighted by molar-refractivity contribution is 0.461. The van der Waals surface area contributed by atoms with E-state index >= 15 is 0 Å². The zero-order valence-corrected chi connectivity index (χ0v) is 10.1. The third-order valence-corrected chi connectivity index (χ3v) is 2.54. The summed E-state index contributed by atoms with van der Waals surface area (Å²) in [5.74, 6) is 0.928. The van der Waals surface area contributed by atoms with Gasteiger partial charge in [-0.05, 0) is 30.2 Å². The van der Waals surface area contributed by atoms with Crippen LogP contribution in [0.25, 0.3) is 0 Å². The number of benzene rings is 1. The molecule has 0 unspecified atom stereocenters. The predicted octanol–water partition coefficient (Wildman–Crippen LogP) is 2.89. The van der Waals surface area contributed by atoms with E-state index in [-0.39, 0.29) is 5.88 Å². The molecule has 4 heteroatoms. The van der Waals surface area contributed by atoms with Gasteiger partial charge in [-0.25, -0.2) is 4.98 Å². The van der Waals surface area contributed by atoms with Gasteiger partial charge in [0, 0.05) is 0 Å². The number of nitrogens with two attached hydrogens (primary N) is 1. The van der Waals surface area contributed by atoms with Crippen molar-refractivity contribution in [3.63, 3.8) is 0 Å². The van der Waals surface area contributed by atoms with Crippen LogP contribution in [0.4, 0.5) is 5.69 Å². The van der Waals surface area contributed by atoms with Crippen molar-refractivity contribution in [2.24, 2.45) is 0 Å². The molecular weight excluding hydrogens is 226 g/mol. The summed E-state index contributed by atoms with van der Waals surface area (Å²) in [6.45, 7) is 2.09. The second kappa shape index (κ2) is 5.19. The van der Waals surface area contributed by atoms with Gasteiger partial charge in [0.1, 0.15) is 17.4 Å². The normalized spacial score (nSPS) is 9.78. The van der Waals surface area contributed by atoms with Crippen molar-refractivity contribution in [1.82, 2.24) is 4.98 Å². The van der Waals surface area contributed by atoms with Crippen molar-refractivity contribution in [3.8, 4) is 17.7 Å². The summed E-state index contributed by atoms with van der Waals surface area (Å²) in [6.07, 6.45) is 2.44. The molecule has 4 nitrogen and oxygen atoms in total. The number of nitrogen functional groups attached to an aromatic ring is 1. The van der Waals surface area contributed by atoms with Crippen LogP contribution in [-0.4, -0.2) is 4.98 Å². The Labute approximate surface area is 106 Å². The number of pyridine rings is 1. The van der Waals surface area contributed by atoms with E-state index in [0.717, 1.165) is 6.42 Å². The average molecular weight is 239 g/mol. The van der Waals surface area contributed by atoms with Gasteiger partial charge < -0.3 is 10.5 Å². The van der Waals surface area contributed by atoms with E-state index in [0.29, 0.717) is 17.0 Å². The molecule has 18 heavy (non-hydrogen) atoms. The maximum Gasteiger partial charge on any atom is 0.237 e.